The van der Waals surface area contributed by atoms with E-state index in [-0.39, 0.29) is 5.43 Å². The van der Waals surface area contributed by atoms with Gasteiger partial charge in [0.05, 0.1) is 24.8 Å². The van der Waals surface area contributed by atoms with Crippen LogP contribution in [0.4, 0.5) is 0 Å². The van der Waals surface area contributed by atoms with E-state index in [9.17, 15) is 4.79 Å². The van der Waals surface area contributed by atoms with Gasteiger partial charge in [0, 0.05) is 19.2 Å². The topological polar surface area (TPSA) is 78.5 Å². The Morgan fingerprint density at radius 1 is 1.22 bits per heavy atom. The van der Waals surface area contributed by atoms with Crippen LogP contribution in [0.2, 0.25) is 0 Å². The highest BCUT2D eigenvalue weighted by Crippen LogP contribution is 2.25. The maximum atomic E-state index is 12.3. The van der Waals surface area contributed by atoms with Crippen LogP contribution in [0, 0.1) is 17.2 Å². The first-order valence-electron chi connectivity index (χ1n) is 9.41. The molecule has 0 aliphatic carbocycles. The quantitative estimate of drug-likeness (QED) is 0.877. The van der Waals surface area contributed by atoms with Gasteiger partial charge in [0.2, 0.25) is 11.2 Å². The van der Waals surface area contributed by atoms with E-state index < -0.39 is 0 Å². The Balaban J connectivity index is 1.35. The van der Waals surface area contributed by atoms with E-state index in [1.165, 1.54) is 23.5 Å². The molecule has 1 aromatic carbocycles. The first-order chi connectivity index (χ1) is 13.2. The normalized spacial score (nSPS) is 17.4. The maximum absolute atomic E-state index is 12.3. The van der Waals surface area contributed by atoms with Gasteiger partial charge in [-0.1, -0.05) is 6.07 Å². The smallest absolute Gasteiger partial charge is 0.227 e. The summed E-state index contributed by atoms with van der Waals surface area (Å²) in [5.41, 5.74) is 2.93. The van der Waals surface area contributed by atoms with E-state index in [0.717, 1.165) is 39.0 Å². The molecule has 2 aliphatic rings. The van der Waals surface area contributed by atoms with Crippen LogP contribution in [-0.2, 0) is 19.6 Å². The molecule has 0 amide bonds. The molecule has 1 N–H and O–H groups in total. The third-order valence-corrected chi connectivity index (χ3v) is 5.29. The fourth-order valence-corrected chi connectivity index (χ4v) is 3.75. The number of nitriles is 1. The fourth-order valence-electron chi connectivity index (χ4n) is 3.75. The molecule has 6 nitrogen and oxygen atoms in total. The largest absolute Gasteiger partial charge is 0.486 e. The summed E-state index contributed by atoms with van der Waals surface area (Å²) < 4.78 is 11.4. The molecule has 0 bridgehead atoms. The second-order valence-corrected chi connectivity index (χ2v) is 7.32. The van der Waals surface area contributed by atoms with Crippen molar-refractivity contribution in [2.24, 2.45) is 5.92 Å². The number of hydrogen-bond acceptors (Lipinski definition) is 6. The van der Waals surface area contributed by atoms with Crippen molar-refractivity contribution in [3.05, 3.63) is 63.2 Å². The number of piperidine rings is 1. The van der Waals surface area contributed by atoms with Gasteiger partial charge in [-0.2, -0.15) is 5.26 Å². The lowest BCUT2D eigenvalue weighted by Gasteiger charge is -2.22. The lowest BCUT2D eigenvalue weighted by molar-refractivity contribution is 0.205. The van der Waals surface area contributed by atoms with Crippen LogP contribution in [0.15, 0.2) is 39.7 Å². The zero-order chi connectivity index (χ0) is 18.6. The number of rotatable bonds is 5. The molecule has 2 aliphatic heterocycles. The zero-order valence-electron chi connectivity index (χ0n) is 15.2. The Hall–Kier alpha value is -2.62. The first-order valence-corrected chi connectivity index (χ1v) is 9.41. The second kappa shape index (κ2) is 7.95. The van der Waals surface area contributed by atoms with Crippen molar-refractivity contribution in [2.45, 2.75) is 32.5 Å². The summed E-state index contributed by atoms with van der Waals surface area (Å²) in [6.45, 7) is 4.68. The van der Waals surface area contributed by atoms with E-state index in [0.29, 0.717) is 36.1 Å². The number of nitrogens with one attached hydrogen (secondary N) is 1. The molecule has 2 aromatic rings. The van der Waals surface area contributed by atoms with Crippen molar-refractivity contribution in [3.63, 3.8) is 0 Å². The predicted octanol–water partition coefficient (Wildman–Crippen LogP) is 2.41. The average Bonchev–Trinajstić information content (AvgIpc) is 3.09. The highest BCUT2D eigenvalue weighted by atomic mass is 16.5. The van der Waals surface area contributed by atoms with Gasteiger partial charge in [-0.25, -0.2) is 0 Å². The summed E-state index contributed by atoms with van der Waals surface area (Å²) in [5.74, 6) is 1.41. The molecule has 140 valence electrons. The molecule has 1 fully saturated rings. The van der Waals surface area contributed by atoms with Crippen LogP contribution in [0.3, 0.4) is 0 Å². The Kier molecular flexibility index (Phi) is 5.23. The van der Waals surface area contributed by atoms with Crippen molar-refractivity contribution in [1.29, 1.82) is 5.26 Å². The molecule has 0 atom stereocenters. The summed E-state index contributed by atoms with van der Waals surface area (Å²) in [6.07, 6.45) is 3.59. The number of hydrogen-bond donors (Lipinski definition) is 1. The third kappa shape index (κ3) is 4.21. The summed E-state index contributed by atoms with van der Waals surface area (Å²) in [4.78, 5) is 14.5. The minimum Gasteiger partial charge on any atom is -0.486 e. The van der Waals surface area contributed by atoms with E-state index in [4.69, 9.17) is 14.4 Å². The maximum Gasteiger partial charge on any atom is 0.227 e. The molecule has 0 spiro atoms. The fraction of sp³-hybridized carbons (Fsp3) is 0.429. The number of nitrogens with zero attached hydrogens (tertiary/aromatic N) is 2. The molecule has 27 heavy (non-hydrogen) atoms. The molecular weight excluding hydrogens is 342 g/mol. The van der Waals surface area contributed by atoms with Gasteiger partial charge in [-0.15, -0.1) is 0 Å². The van der Waals surface area contributed by atoms with E-state index >= 15 is 0 Å². The average molecular weight is 365 g/mol. The minimum atomic E-state index is -0.131. The van der Waals surface area contributed by atoms with Crippen molar-refractivity contribution in [2.75, 3.05) is 19.7 Å². The van der Waals surface area contributed by atoms with Crippen LogP contribution in [0.25, 0.3) is 0 Å². The molecule has 3 heterocycles. The third-order valence-electron chi connectivity index (χ3n) is 5.29. The first kappa shape index (κ1) is 17.8. The van der Waals surface area contributed by atoms with Crippen LogP contribution in [0.1, 0.15) is 35.3 Å². The molecule has 0 saturated carbocycles. The van der Waals surface area contributed by atoms with Crippen LogP contribution < -0.4 is 15.5 Å². The Bertz CT molecular complexity index is 910. The van der Waals surface area contributed by atoms with Gasteiger partial charge in [-0.05, 0) is 55.1 Å². The summed E-state index contributed by atoms with van der Waals surface area (Å²) >= 11 is 0. The molecule has 1 saturated heterocycles. The highest BCUT2D eigenvalue weighted by Gasteiger charge is 2.21. The monoisotopic (exact) mass is 365 g/mol. The summed E-state index contributed by atoms with van der Waals surface area (Å²) in [5, 5.41) is 12.3. The Morgan fingerprint density at radius 2 is 2.04 bits per heavy atom. The lowest BCUT2D eigenvalue weighted by Crippen LogP contribution is -2.31. The van der Waals surface area contributed by atoms with Crippen molar-refractivity contribution < 1.29 is 9.15 Å². The van der Waals surface area contributed by atoms with Gasteiger partial charge < -0.3 is 14.5 Å². The van der Waals surface area contributed by atoms with Crippen molar-refractivity contribution in [3.8, 4) is 11.8 Å². The number of ether oxygens (including phenoxy) is 1. The van der Waals surface area contributed by atoms with E-state index in [1.807, 2.05) is 18.2 Å². The van der Waals surface area contributed by atoms with Gasteiger partial charge >= 0.3 is 0 Å². The molecule has 4 rings (SSSR count). The van der Waals surface area contributed by atoms with E-state index in [2.05, 4.69) is 16.3 Å². The molecule has 6 heteroatoms. The van der Waals surface area contributed by atoms with Crippen molar-refractivity contribution in [1.82, 2.24) is 10.2 Å². The number of fused-ring (bicyclic) bond motifs is 1. The lowest BCUT2D eigenvalue weighted by atomic mass is 9.99. The molecule has 0 radical (unpaired) electrons. The molecule has 0 unspecified atom stereocenters. The minimum absolute atomic E-state index is 0.131. The van der Waals surface area contributed by atoms with Crippen LogP contribution >= 0.6 is 0 Å². The van der Waals surface area contributed by atoms with Gasteiger partial charge in [0.1, 0.15) is 12.0 Å². The SMILES string of the molecule is N#Cc1ccc2c(c1)CN(Cc1cc(=O)c(OCC3CCNCC3)co1)C2. The predicted molar refractivity (Wildman–Crippen MR) is 100 cm³/mol. The van der Waals surface area contributed by atoms with Crippen molar-refractivity contribution >= 4 is 0 Å². The van der Waals surface area contributed by atoms with Gasteiger partial charge in [0.15, 0.2) is 0 Å². The Labute approximate surface area is 158 Å². The zero-order valence-corrected chi connectivity index (χ0v) is 15.2. The molecule has 1 aromatic heterocycles. The van der Waals surface area contributed by atoms with Gasteiger partial charge in [0.25, 0.3) is 0 Å². The second-order valence-electron chi connectivity index (χ2n) is 7.32. The summed E-state index contributed by atoms with van der Waals surface area (Å²) in [7, 11) is 0. The Morgan fingerprint density at radius 3 is 2.81 bits per heavy atom. The molecular formula is C21H23N3O3. The van der Waals surface area contributed by atoms with E-state index in [1.54, 1.807) is 0 Å². The standard InChI is InChI=1S/C21H23N3O3/c22-9-16-1-2-17-10-24(11-18(17)7-16)12-19-8-20(25)21(14-26-19)27-13-15-3-5-23-6-4-15/h1-2,7-8,14-15,23H,3-6,10-13H2. The van der Waals surface area contributed by atoms with Crippen LogP contribution in [0.5, 0.6) is 5.75 Å². The highest BCUT2D eigenvalue weighted by molar-refractivity contribution is 5.40. The summed E-state index contributed by atoms with van der Waals surface area (Å²) in [6, 6.07) is 9.48. The van der Waals surface area contributed by atoms with Gasteiger partial charge in [-0.3, -0.25) is 9.69 Å². The number of benzene rings is 1. The van der Waals surface area contributed by atoms with Crippen LogP contribution in [-0.4, -0.2) is 24.6 Å².